The predicted octanol–water partition coefficient (Wildman–Crippen LogP) is 2.15. The number of benzene rings is 1. The van der Waals surface area contributed by atoms with Crippen molar-refractivity contribution >= 4 is 21.6 Å². The Morgan fingerprint density at radius 3 is 2.25 bits per heavy atom. The third kappa shape index (κ3) is 3.79. The summed E-state index contributed by atoms with van der Waals surface area (Å²) in [6.07, 6.45) is 4.29. The zero-order chi connectivity index (χ0) is 19.6. The number of para-hydroxylation sites is 1. The number of carbonyl (C=O) groups excluding carboxylic acids is 1. The molecule has 0 unspecified atom stereocenters. The molecule has 4 rings (SSSR count). The van der Waals surface area contributed by atoms with Crippen LogP contribution in [0, 0.1) is 0 Å². The third-order valence-electron chi connectivity index (χ3n) is 5.53. The number of sulfonamides is 1. The monoisotopic (exact) mass is 402 g/mol. The number of rotatable bonds is 4. The molecule has 7 nitrogen and oxygen atoms in total. The molecule has 2 aromatic rings. The van der Waals surface area contributed by atoms with E-state index >= 15 is 0 Å². The van der Waals surface area contributed by atoms with Crippen LogP contribution >= 0.6 is 0 Å². The van der Waals surface area contributed by atoms with E-state index in [-0.39, 0.29) is 10.8 Å². The zero-order valence-electron chi connectivity index (χ0n) is 15.9. The number of aromatic amines is 1. The van der Waals surface area contributed by atoms with Crippen LogP contribution in [0.3, 0.4) is 0 Å². The number of nitrogens with one attached hydrogen (secondary N) is 1. The summed E-state index contributed by atoms with van der Waals surface area (Å²) in [7, 11) is -3.53. The second-order valence-corrected chi connectivity index (χ2v) is 9.27. The van der Waals surface area contributed by atoms with Crippen molar-refractivity contribution in [1.29, 1.82) is 0 Å². The Bertz CT molecular complexity index is 912. The fourth-order valence-corrected chi connectivity index (χ4v) is 5.39. The molecule has 3 heterocycles. The van der Waals surface area contributed by atoms with Crippen molar-refractivity contribution in [3.63, 3.8) is 0 Å². The van der Waals surface area contributed by atoms with Crippen LogP contribution in [0.5, 0.6) is 0 Å². The van der Waals surface area contributed by atoms with Gasteiger partial charge in [0.2, 0.25) is 10.0 Å². The highest BCUT2D eigenvalue weighted by Crippen LogP contribution is 2.22. The van der Waals surface area contributed by atoms with E-state index in [4.69, 9.17) is 0 Å². The van der Waals surface area contributed by atoms with E-state index < -0.39 is 10.0 Å². The van der Waals surface area contributed by atoms with Crippen LogP contribution in [0.2, 0.25) is 0 Å². The molecule has 150 valence electrons. The molecular weight excluding hydrogens is 376 g/mol. The smallest absolute Gasteiger partial charge is 0.270 e. The average molecular weight is 403 g/mol. The largest absolute Gasteiger partial charge is 0.368 e. The fourth-order valence-electron chi connectivity index (χ4n) is 3.88. The molecule has 2 aliphatic heterocycles. The number of amides is 1. The summed E-state index contributed by atoms with van der Waals surface area (Å²) in [5.74, 6) is -0.146. The molecule has 0 spiro atoms. The molecule has 1 N–H and O–H groups in total. The lowest BCUT2D eigenvalue weighted by atomic mass is 10.2. The molecule has 0 radical (unpaired) electrons. The van der Waals surface area contributed by atoms with Gasteiger partial charge in [-0.25, -0.2) is 8.42 Å². The molecule has 1 aromatic heterocycles. The van der Waals surface area contributed by atoms with Gasteiger partial charge in [-0.2, -0.15) is 4.31 Å². The standard InChI is InChI=1S/C20H26N4O3S/c25-20(23-13-11-22(12-14-23)17-7-3-1-4-8-17)19-15-18(16-21-19)28(26,27)24-9-5-2-6-10-24/h1,3-4,7-8,15-16,21H,2,5-6,9-14H2. The Kier molecular flexibility index (Phi) is 5.41. The van der Waals surface area contributed by atoms with E-state index in [9.17, 15) is 13.2 Å². The first kappa shape index (κ1) is 19.0. The lowest BCUT2D eigenvalue weighted by Crippen LogP contribution is -2.48. The van der Waals surface area contributed by atoms with Gasteiger partial charge in [-0.1, -0.05) is 24.6 Å². The molecule has 0 bridgehead atoms. The van der Waals surface area contributed by atoms with Crippen molar-refractivity contribution in [2.45, 2.75) is 24.2 Å². The van der Waals surface area contributed by atoms with Gasteiger partial charge in [0.05, 0.1) is 0 Å². The second-order valence-electron chi connectivity index (χ2n) is 7.33. The number of nitrogens with zero attached hydrogens (tertiary/aromatic N) is 3. The second kappa shape index (κ2) is 7.97. The number of hydrogen-bond donors (Lipinski definition) is 1. The number of piperidine rings is 1. The maximum atomic E-state index is 12.8. The van der Waals surface area contributed by atoms with Gasteiger partial charge in [0.1, 0.15) is 10.6 Å². The molecule has 0 saturated carbocycles. The molecule has 0 aliphatic carbocycles. The van der Waals surface area contributed by atoms with Gasteiger partial charge in [0.15, 0.2) is 0 Å². The van der Waals surface area contributed by atoms with Gasteiger partial charge in [-0.15, -0.1) is 0 Å². The van der Waals surface area contributed by atoms with Crippen LogP contribution in [0.15, 0.2) is 47.5 Å². The predicted molar refractivity (Wildman–Crippen MR) is 108 cm³/mol. The molecule has 2 fully saturated rings. The summed E-state index contributed by atoms with van der Waals surface area (Å²) in [4.78, 5) is 19.9. The molecule has 8 heteroatoms. The number of piperazine rings is 1. The van der Waals surface area contributed by atoms with Crippen molar-refractivity contribution in [1.82, 2.24) is 14.2 Å². The minimum atomic E-state index is -3.53. The number of anilines is 1. The van der Waals surface area contributed by atoms with E-state index in [0.717, 1.165) is 38.0 Å². The lowest BCUT2D eigenvalue weighted by molar-refractivity contribution is 0.0741. The molecule has 1 aromatic carbocycles. The highest BCUT2D eigenvalue weighted by molar-refractivity contribution is 7.89. The number of aromatic nitrogens is 1. The van der Waals surface area contributed by atoms with Crippen LogP contribution in [0.4, 0.5) is 5.69 Å². The minimum absolute atomic E-state index is 0.146. The topological polar surface area (TPSA) is 76.7 Å². The van der Waals surface area contributed by atoms with Gasteiger partial charge < -0.3 is 14.8 Å². The van der Waals surface area contributed by atoms with Crippen molar-refractivity contribution < 1.29 is 13.2 Å². The molecule has 28 heavy (non-hydrogen) atoms. The first-order chi connectivity index (χ1) is 13.6. The van der Waals surface area contributed by atoms with Gasteiger partial charge in [0.25, 0.3) is 5.91 Å². The van der Waals surface area contributed by atoms with Gasteiger partial charge in [0, 0.05) is 51.2 Å². The van der Waals surface area contributed by atoms with E-state index in [1.165, 1.54) is 16.6 Å². The van der Waals surface area contributed by atoms with Crippen LogP contribution in [-0.4, -0.2) is 67.8 Å². The van der Waals surface area contributed by atoms with Crippen molar-refractivity contribution in [2.75, 3.05) is 44.2 Å². The molecule has 1 amide bonds. The van der Waals surface area contributed by atoms with E-state index in [0.29, 0.717) is 31.9 Å². The maximum Gasteiger partial charge on any atom is 0.270 e. The number of hydrogen-bond acceptors (Lipinski definition) is 4. The van der Waals surface area contributed by atoms with Crippen molar-refractivity contribution in [3.05, 3.63) is 48.3 Å². The normalized spacial score (nSPS) is 19.0. The summed E-state index contributed by atoms with van der Waals surface area (Å²) in [5.41, 5.74) is 1.49. The Morgan fingerprint density at radius 2 is 1.57 bits per heavy atom. The fraction of sp³-hybridized carbons (Fsp3) is 0.450. The molecular formula is C20H26N4O3S. The summed E-state index contributed by atoms with van der Waals surface area (Å²) in [5, 5.41) is 0. The molecule has 2 aliphatic rings. The van der Waals surface area contributed by atoms with Gasteiger partial charge in [-0.3, -0.25) is 4.79 Å². The summed E-state index contributed by atoms with van der Waals surface area (Å²) >= 11 is 0. The Hall–Kier alpha value is -2.32. The van der Waals surface area contributed by atoms with Crippen LogP contribution in [0.25, 0.3) is 0 Å². The Labute approximate surface area is 166 Å². The Morgan fingerprint density at radius 1 is 0.893 bits per heavy atom. The van der Waals surface area contributed by atoms with E-state index in [2.05, 4.69) is 22.0 Å². The highest BCUT2D eigenvalue weighted by Gasteiger charge is 2.29. The summed E-state index contributed by atoms with van der Waals surface area (Å²) in [6, 6.07) is 11.6. The SMILES string of the molecule is O=C(c1cc(S(=O)(=O)N2CCCCC2)c[nH]1)N1CCN(c2ccccc2)CC1. The number of H-pyrrole nitrogens is 1. The van der Waals surface area contributed by atoms with Crippen molar-refractivity contribution in [3.8, 4) is 0 Å². The highest BCUT2D eigenvalue weighted by atomic mass is 32.2. The van der Waals surface area contributed by atoms with Gasteiger partial charge >= 0.3 is 0 Å². The first-order valence-electron chi connectivity index (χ1n) is 9.83. The van der Waals surface area contributed by atoms with Crippen LogP contribution in [-0.2, 0) is 10.0 Å². The van der Waals surface area contributed by atoms with Crippen LogP contribution < -0.4 is 4.90 Å². The lowest BCUT2D eigenvalue weighted by Gasteiger charge is -2.36. The number of carbonyl (C=O) groups is 1. The maximum absolute atomic E-state index is 12.8. The van der Waals surface area contributed by atoms with Crippen molar-refractivity contribution in [2.24, 2.45) is 0 Å². The van der Waals surface area contributed by atoms with E-state index in [1.807, 2.05) is 18.2 Å². The molecule has 0 atom stereocenters. The van der Waals surface area contributed by atoms with E-state index in [1.54, 1.807) is 4.90 Å². The Balaban J connectivity index is 1.41. The third-order valence-corrected chi connectivity index (χ3v) is 7.40. The minimum Gasteiger partial charge on any atom is -0.368 e. The van der Waals surface area contributed by atoms with Gasteiger partial charge in [-0.05, 0) is 31.0 Å². The average Bonchev–Trinajstić information content (AvgIpc) is 3.26. The first-order valence-corrected chi connectivity index (χ1v) is 11.3. The quantitative estimate of drug-likeness (QED) is 0.850. The molecule has 2 saturated heterocycles. The summed E-state index contributed by atoms with van der Waals surface area (Å²) in [6.45, 7) is 3.85. The zero-order valence-corrected chi connectivity index (χ0v) is 16.7. The van der Waals surface area contributed by atoms with Crippen LogP contribution in [0.1, 0.15) is 29.8 Å². The summed E-state index contributed by atoms with van der Waals surface area (Å²) < 4.78 is 27.1.